The van der Waals surface area contributed by atoms with E-state index in [2.05, 4.69) is 28.8 Å². The zero-order valence-electron chi connectivity index (χ0n) is 16.8. The second-order valence-electron chi connectivity index (χ2n) is 7.28. The molecule has 0 fully saturated rings. The Morgan fingerprint density at radius 3 is 2.57 bits per heavy atom. The van der Waals surface area contributed by atoms with Gasteiger partial charge in [-0.15, -0.1) is 0 Å². The van der Waals surface area contributed by atoms with E-state index in [-0.39, 0.29) is 12.8 Å². The summed E-state index contributed by atoms with van der Waals surface area (Å²) in [6.07, 6.45) is 0. The third-order valence-corrected chi connectivity index (χ3v) is 5.10. The lowest BCUT2D eigenvalue weighted by Crippen LogP contribution is -2.40. The molecule has 1 aliphatic heterocycles. The second-order valence-corrected chi connectivity index (χ2v) is 7.28. The number of ether oxygens (including phenoxy) is 2. The van der Waals surface area contributed by atoms with Crippen LogP contribution in [0.15, 0.2) is 60.7 Å². The van der Waals surface area contributed by atoms with E-state index in [1.165, 1.54) is 0 Å². The molecule has 1 atom stereocenters. The van der Waals surface area contributed by atoms with Gasteiger partial charge in [0, 0.05) is 18.3 Å². The Morgan fingerprint density at radius 2 is 1.73 bits per heavy atom. The van der Waals surface area contributed by atoms with Crippen molar-refractivity contribution in [3.63, 3.8) is 0 Å². The molecule has 1 heterocycles. The summed E-state index contributed by atoms with van der Waals surface area (Å²) in [5.74, 6) is -0.276. The number of benzene rings is 3. The molecule has 154 valence electrons. The third-order valence-electron chi connectivity index (χ3n) is 5.10. The minimum absolute atomic E-state index is 0.0848. The van der Waals surface area contributed by atoms with Crippen molar-refractivity contribution >= 4 is 28.3 Å². The van der Waals surface area contributed by atoms with Crippen LogP contribution in [0.25, 0.3) is 10.8 Å². The summed E-state index contributed by atoms with van der Waals surface area (Å²) in [7, 11) is 3.90. The van der Waals surface area contributed by atoms with E-state index >= 15 is 0 Å². The van der Waals surface area contributed by atoms with Crippen molar-refractivity contribution < 1.29 is 19.1 Å². The summed E-state index contributed by atoms with van der Waals surface area (Å²) >= 11 is 0. The maximum absolute atomic E-state index is 12.4. The average molecular weight is 405 g/mol. The van der Waals surface area contributed by atoms with E-state index in [4.69, 9.17) is 9.47 Å². The van der Waals surface area contributed by atoms with Gasteiger partial charge in [-0.2, -0.15) is 0 Å². The quantitative estimate of drug-likeness (QED) is 0.638. The van der Waals surface area contributed by atoms with Gasteiger partial charge in [0.05, 0.1) is 6.04 Å². The van der Waals surface area contributed by atoms with Crippen LogP contribution in [-0.2, 0) is 9.59 Å². The summed E-state index contributed by atoms with van der Waals surface area (Å²) in [5, 5.41) is 7.60. The number of hydrogen-bond acceptors (Lipinski definition) is 5. The predicted octanol–water partition coefficient (Wildman–Crippen LogP) is 2.93. The first-order valence-electron chi connectivity index (χ1n) is 9.66. The second kappa shape index (κ2) is 8.42. The molecule has 7 heteroatoms. The van der Waals surface area contributed by atoms with Crippen LogP contribution < -0.4 is 20.1 Å². The first-order chi connectivity index (χ1) is 14.5. The lowest BCUT2D eigenvalue weighted by molar-refractivity contribution is -0.136. The van der Waals surface area contributed by atoms with Gasteiger partial charge in [-0.1, -0.05) is 42.5 Å². The highest BCUT2D eigenvalue weighted by molar-refractivity contribution is 6.39. The molecule has 7 nitrogen and oxygen atoms in total. The van der Waals surface area contributed by atoms with Crippen molar-refractivity contribution in [1.82, 2.24) is 10.2 Å². The molecule has 30 heavy (non-hydrogen) atoms. The van der Waals surface area contributed by atoms with Crippen LogP contribution >= 0.6 is 0 Å². The average Bonchev–Trinajstić information content (AvgIpc) is 3.21. The number of rotatable bonds is 5. The van der Waals surface area contributed by atoms with E-state index in [0.717, 1.165) is 16.3 Å². The van der Waals surface area contributed by atoms with Gasteiger partial charge in [0.15, 0.2) is 11.5 Å². The van der Waals surface area contributed by atoms with Gasteiger partial charge in [-0.3, -0.25) is 9.59 Å². The summed E-state index contributed by atoms with van der Waals surface area (Å²) < 4.78 is 10.5. The zero-order chi connectivity index (χ0) is 21.1. The van der Waals surface area contributed by atoms with E-state index < -0.39 is 11.8 Å². The number of nitrogens with one attached hydrogen (secondary N) is 2. The number of anilines is 1. The molecule has 3 aromatic carbocycles. The van der Waals surface area contributed by atoms with E-state index in [1.807, 2.05) is 43.3 Å². The highest BCUT2D eigenvalue weighted by Crippen LogP contribution is 2.34. The molecule has 0 aliphatic carbocycles. The van der Waals surface area contributed by atoms with E-state index in [1.54, 1.807) is 18.2 Å². The minimum Gasteiger partial charge on any atom is -0.454 e. The molecule has 2 amide bonds. The first-order valence-corrected chi connectivity index (χ1v) is 9.66. The van der Waals surface area contributed by atoms with Crippen molar-refractivity contribution in [3.05, 3.63) is 66.2 Å². The van der Waals surface area contributed by atoms with Crippen LogP contribution in [0.3, 0.4) is 0 Å². The summed E-state index contributed by atoms with van der Waals surface area (Å²) in [4.78, 5) is 26.8. The number of amides is 2. The number of likely N-dealkylation sites (N-methyl/N-ethyl adjacent to an activating group) is 1. The molecule has 0 spiro atoms. The number of hydrogen-bond donors (Lipinski definition) is 2. The maximum atomic E-state index is 12.4. The Hall–Kier alpha value is -3.58. The fourth-order valence-corrected chi connectivity index (χ4v) is 3.54. The largest absolute Gasteiger partial charge is 0.454 e. The SMILES string of the molecule is CN(C)C(CNC(=O)C(=O)Nc1ccc2c(c1)OCO2)c1cccc2ccccc12. The van der Waals surface area contributed by atoms with E-state index in [0.29, 0.717) is 23.7 Å². The lowest BCUT2D eigenvalue weighted by atomic mass is 9.98. The van der Waals surface area contributed by atoms with Crippen LogP contribution in [0.5, 0.6) is 11.5 Å². The Bertz CT molecular complexity index is 1090. The molecule has 1 unspecified atom stereocenters. The third kappa shape index (κ3) is 4.06. The van der Waals surface area contributed by atoms with Gasteiger partial charge in [0.2, 0.25) is 6.79 Å². The molecular weight excluding hydrogens is 382 g/mol. The number of nitrogens with zero attached hydrogens (tertiary/aromatic N) is 1. The minimum atomic E-state index is -0.732. The van der Waals surface area contributed by atoms with Gasteiger partial charge in [0.25, 0.3) is 0 Å². The maximum Gasteiger partial charge on any atom is 0.313 e. The molecular formula is C23H23N3O4. The van der Waals surface area contributed by atoms with Gasteiger partial charge in [-0.05, 0) is 42.6 Å². The normalized spacial score (nSPS) is 13.3. The fraction of sp³-hybridized carbons (Fsp3) is 0.217. The monoisotopic (exact) mass is 405 g/mol. The van der Waals surface area contributed by atoms with Crippen molar-refractivity contribution in [3.8, 4) is 11.5 Å². The zero-order valence-corrected chi connectivity index (χ0v) is 16.8. The van der Waals surface area contributed by atoms with Gasteiger partial charge >= 0.3 is 11.8 Å². The number of carbonyl (C=O) groups is 2. The molecule has 4 rings (SSSR count). The van der Waals surface area contributed by atoms with Gasteiger partial charge in [-0.25, -0.2) is 0 Å². The molecule has 2 N–H and O–H groups in total. The highest BCUT2D eigenvalue weighted by atomic mass is 16.7. The molecule has 0 radical (unpaired) electrons. The number of carbonyl (C=O) groups excluding carboxylic acids is 2. The Morgan fingerprint density at radius 1 is 0.967 bits per heavy atom. The van der Waals surface area contributed by atoms with Crippen molar-refractivity contribution in [1.29, 1.82) is 0 Å². The summed E-state index contributed by atoms with van der Waals surface area (Å²) in [6.45, 7) is 0.446. The van der Waals surface area contributed by atoms with Crippen molar-refractivity contribution in [2.45, 2.75) is 6.04 Å². The first kappa shape index (κ1) is 19.7. The predicted molar refractivity (Wildman–Crippen MR) is 115 cm³/mol. The van der Waals surface area contributed by atoms with Gasteiger partial charge < -0.3 is 25.0 Å². The summed E-state index contributed by atoms with van der Waals surface area (Å²) in [5.41, 5.74) is 1.56. The standard InChI is InChI=1S/C23H23N3O4/c1-26(2)19(18-9-5-7-15-6-3-4-8-17(15)18)13-24-22(27)23(28)25-16-10-11-20-21(12-16)30-14-29-20/h3-12,19H,13-14H2,1-2H3,(H,24,27)(H,25,28). The molecule has 0 saturated carbocycles. The lowest BCUT2D eigenvalue weighted by Gasteiger charge is -2.26. The molecule has 1 aliphatic rings. The van der Waals surface area contributed by atoms with Crippen molar-refractivity contribution in [2.75, 3.05) is 32.7 Å². The van der Waals surface area contributed by atoms with E-state index in [9.17, 15) is 9.59 Å². The molecule has 0 aromatic heterocycles. The van der Waals surface area contributed by atoms with Crippen molar-refractivity contribution in [2.24, 2.45) is 0 Å². The summed E-state index contributed by atoms with van der Waals surface area (Å²) in [6, 6.07) is 19.1. The Balaban J connectivity index is 1.43. The topological polar surface area (TPSA) is 79.9 Å². The van der Waals surface area contributed by atoms with Crippen LogP contribution in [0.2, 0.25) is 0 Å². The Kier molecular flexibility index (Phi) is 5.54. The fourth-order valence-electron chi connectivity index (χ4n) is 3.54. The van der Waals surface area contributed by atoms with Crippen LogP contribution in [0.4, 0.5) is 5.69 Å². The smallest absolute Gasteiger partial charge is 0.313 e. The molecule has 0 bridgehead atoms. The van der Waals surface area contributed by atoms with Crippen LogP contribution in [0, 0.1) is 0 Å². The highest BCUT2D eigenvalue weighted by Gasteiger charge is 2.21. The van der Waals surface area contributed by atoms with Crippen LogP contribution in [-0.4, -0.2) is 44.1 Å². The Labute approximate surface area is 174 Å². The van der Waals surface area contributed by atoms with Gasteiger partial charge in [0.1, 0.15) is 0 Å². The molecule has 3 aromatic rings. The van der Waals surface area contributed by atoms with Crippen LogP contribution in [0.1, 0.15) is 11.6 Å². The number of fused-ring (bicyclic) bond motifs is 2. The molecule has 0 saturated heterocycles.